The molecule has 94 heavy (non-hydrogen) atoms. The van der Waals surface area contributed by atoms with Gasteiger partial charge in [0.2, 0.25) is 11.6 Å². The summed E-state index contributed by atoms with van der Waals surface area (Å²) in [6.07, 6.45) is 38.1. The molecule has 3 spiro atoms. The van der Waals surface area contributed by atoms with Crippen LogP contribution < -0.4 is 0 Å². The Morgan fingerprint density at radius 1 is 0.479 bits per heavy atom. The zero-order valence-corrected chi connectivity index (χ0v) is 57.3. The number of hydrogen-bond acceptors (Lipinski definition) is 13. The first-order chi connectivity index (χ1) is 44.9. The number of fused-ring (bicyclic) bond motifs is 20. The van der Waals surface area contributed by atoms with E-state index in [1.165, 1.54) is 64.2 Å². The van der Waals surface area contributed by atoms with Gasteiger partial charge in [0, 0.05) is 52.8 Å². The molecular formula is C79H108N4O11. The third-order valence-corrected chi connectivity index (χ3v) is 35.4. The van der Waals surface area contributed by atoms with Gasteiger partial charge in [-0.25, -0.2) is 13.1 Å². The average molecular weight is 1290 g/mol. The van der Waals surface area contributed by atoms with Crippen molar-refractivity contribution < 1.29 is 53.6 Å². The van der Waals surface area contributed by atoms with E-state index < -0.39 is 12.1 Å². The highest BCUT2D eigenvalue weighted by Crippen LogP contribution is 2.77. The molecule has 5 heterocycles. The molecular weight excluding hydrogens is 1180 g/mol. The molecule has 18 fully saturated rings. The standard InChI is InChI=1S/C20H29NO3.C20H25NO3.C20H29NO2.C19H25NO3/c1-18-7-6-14-12(13(18)3-4-15(18)22)5-8-20-17(23-20)16-11(10-21-24-16)9-19(14,20)2;1-18-8-7-13-11(12(18)4-5-15(18)22)6-9-20-17(24-20)16(23)14(21-3)10-19(13,20)2;1-19-8-7-16-14(15(19)5-6-18(19)22)4-3-13-9-17-12(11-21-23-17)10-20(13,16)2;1-18-9-14(20-2)16(22)17-19(18,23-17)8-7-11-10-4-6-15(21)12(10)3-5-13(11)18/h10-17,22H,3-9H2,1-2H3;11-14,17H,4-10H2,1-2H3;3-4,11-18,22H,5-10H2,1-2H3;10-15,17,21H,3-9H2,1H3/t11?,12?,13?,14?,15-,16?,17+,18-,19+,20+;11?,12?,13?,14-,17-,18+,19-,20-;12?,13?,14?,15?,16?,17?,18-,19-,20-;10?,11?,12?,13?,14-,15+,17-,18-,19-/m0101/s1. The van der Waals surface area contributed by atoms with Crippen LogP contribution in [0, 0.1) is 146 Å². The van der Waals surface area contributed by atoms with E-state index in [1.54, 1.807) is 0 Å². The Balaban J connectivity index is 0.0000000920. The van der Waals surface area contributed by atoms with Crippen LogP contribution in [0.4, 0.5) is 0 Å². The number of aliphatic hydroxyl groups excluding tert-OH is 3. The minimum Gasteiger partial charge on any atom is -0.393 e. The number of carbonyl (C=O) groups excluding carboxylic acids is 3. The van der Waals surface area contributed by atoms with Crippen molar-refractivity contribution in [2.75, 3.05) is 0 Å². The molecule has 0 amide bonds. The summed E-state index contributed by atoms with van der Waals surface area (Å²) in [6, 6.07) is -1.01. The van der Waals surface area contributed by atoms with Crippen LogP contribution in [0.15, 0.2) is 22.5 Å². The molecule has 0 bridgehead atoms. The van der Waals surface area contributed by atoms with Crippen LogP contribution in [0.5, 0.6) is 0 Å². The zero-order valence-electron chi connectivity index (χ0n) is 57.3. The molecule has 3 N–H and O–H groups in total. The summed E-state index contributed by atoms with van der Waals surface area (Å²) < 4.78 is 18.6. The van der Waals surface area contributed by atoms with E-state index in [0.717, 1.165) is 114 Å². The monoisotopic (exact) mass is 1290 g/mol. The maximum Gasteiger partial charge on any atom is 0.284 e. The lowest BCUT2D eigenvalue weighted by Gasteiger charge is -2.59. The minimum atomic E-state index is -0.520. The van der Waals surface area contributed by atoms with Crippen LogP contribution in [0.3, 0.4) is 0 Å². The molecule has 0 radical (unpaired) electrons. The normalized spacial score (nSPS) is 61.0. The lowest BCUT2D eigenvalue weighted by molar-refractivity contribution is -0.140. The number of ketones is 3. The second-order valence-corrected chi connectivity index (χ2v) is 37.8. The maximum atomic E-state index is 12.5. The van der Waals surface area contributed by atoms with Crippen molar-refractivity contribution in [1.29, 1.82) is 0 Å². The molecule has 15 heteroatoms. The Bertz CT molecular complexity index is 3360. The van der Waals surface area contributed by atoms with Gasteiger partial charge < -0.3 is 48.9 Å². The lowest BCUT2D eigenvalue weighted by atomic mass is 9.44. The second kappa shape index (κ2) is 20.8. The number of hydrogen-bond donors (Lipinski definition) is 3. The van der Waals surface area contributed by atoms with Gasteiger partial charge in [-0.05, 0) is 253 Å². The lowest BCUT2D eigenvalue weighted by Crippen LogP contribution is -2.60. The summed E-state index contributed by atoms with van der Waals surface area (Å²) in [4.78, 5) is 55.8. The summed E-state index contributed by atoms with van der Waals surface area (Å²) in [5, 5.41) is 39.6. The van der Waals surface area contributed by atoms with Crippen molar-refractivity contribution in [2.45, 2.75) is 300 Å². The molecule has 21 aliphatic rings. The van der Waals surface area contributed by atoms with Crippen molar-refractivity contribution in [3.63, 3.8) is 0 Å². The van der Waals surface area contributed by atoms with Crippen molar-refractivity contribution in [1.82, 2.24) is 0 Å². The molecule has 0 aromatic carbocycles. The number of oxime groups is 2. The van der Waals surface area contributed by atoms with Crippen molar-refractivity contribution in [3.05, 3.63) is 35.0 Å². The van der Waals surface area contributed by atoms with E-state index >= 15 is 0 Å². The van der Waals surface area contributed by atoms with Crippen molar-refractivity contribution in [2.24, 2.45) is 143 Å². The molecule has 5 aliphatic heterocycles. The third-order valence-electron chi connectivity index (χ3n) is 35.4. The average Bonchev–Trinajstić information content (AvgIpc) is 1.50. The molecule has 510 valence electrons. The van der Waals surface area contributed by atoms with Crippen molar-refractivity contribution >= 4 is 29.8 Å². The molecule has 0 aromatic heterocycles. The van der Waals surface area contributed by atoms with E-state index in [1.807, 2.05) is 6.21 Å². The van der Waals surface area contributed by atoms with Crippen LogP contribution in [-0.2, 0) is 38.3 Å². The Morgan fingerprint density at radius 2 is 1.02 bits per heavy atom. The fraction of sp³-hybridized carbons (Fsp3) is 0.886. The van der Waals surface area contributed by atoms with Gasteiger partial charge in [0.15, 0.2) is 18.3 Å². The number of ether oxygens (including phenoxy) is 3. The largest absolute Gasteiger partial charge is 0.393 e. The first-order valence-corrected chi connectivity index (χ1v) is 38.4. The highest BCUT2D eigenvalue weighted by molar-refractivity contribution is 5.95. The zero-order chi connectivity index (χ0) is 65.0. The molecule has 0 aromatic rings. The SMILES string of the molecule is C[C@]12CC3C=NOC3CC1C=CC1C2CC[C@@]2(C)C1CC[C@@H]2O.C[C@]12CCC3C(CC[C@@]45O[C@@H]4C4ON=CC4C[C@]35C)C1CC[C@@H]2O.[C-]#[N+][C@@H]1C[C@]2(C)C3CCC4C(CC[C@@H]4O)C3CC[C@]23O[C@@H]3C1=O.[C-]#[N+][C@@H]1C[C@]2(C)C3CC[C@]4(C)C(=O)CCC4C3CC[C@]23O[C@@H]3C1=O. The highest BCUT2D eigenvalue weighted by Gasteiger charge is 2.82. The van der Waals surface area contributed by atoms with Gasteiger partial charge in [-0.1, -0.05) is 70.9 Å². The number of allylic oxidation sites excluding steroid dienone is 2. The van der Waals surface area contributed by atoms with E-state index in [9.17, 15) is 29.7 Å². The quantitative estimate of drug-likeness (QED) is 0.118. The van der Waals surface area contributed by atoms with Crippen LogP contribution in [-0.4, -0.2) is 123 Å². The smallest absolute Gasteiger partial charge is 0.284 e. The summed E-state index contributed by atoms with van der Waals surface area (Å²) >= 11 is 0. The Morgan fingerprint density at radius 3 is 1.70 bits per heavy atom. The van der Waals surface area contributed by atoms with Crippen LogP contribution in [0.1, 0.15) is 222 Å². The second-order valence-electron chi connectivity index (χ2n) is 37.8. The molecule has 21 rings (SSSR count). The predicted octanol–water partition coefficient (Wildman–Crippen LogP) is 12.7. The van der Waals surface area contributed by atoms with E-state index in [4.69, 9.17) is 37.0 Å². The van der Waals surface area contributed by atoms with Crippen LogP contribution in [0.2, 0.25) is 0 Å². The number of carbonyl (C=O) groups is 3. The first kappa shape index (κ1) is 62.7. The molecule has 16 aliphatic carbocycles. The van der Waals surface area contributed by atoms with Crippen molar-refractivity contribution in [3.8, 4) is 0 Å². The van der Waals surface area contributed by atoms with Gasteiger partial charge in [0.05, 0.1) is 30.7 Å². The summed E-state index contributed by atoms with van der Waals surface area (Å²) in [6.45, 7) is 31.4. The topological polar surface area (TPSA) is 201 Å². The molecule has 36 atom stereocenters. The van der Waals surface area contributed by atoms with Gasteiger partial charge in [0.25, 0.3) is 12.1 Å². The third kappa shape index (κ3) is 8.01. The van der Waals surface area contributed by atoms with Gasteiger partial charge in [-0.3, -0.25) is 14.4 Å². The number of Topliss-reactive ketones (excluding diaryl/α,β-unsaturated/α-hetero) is 3. The Labute approximate surface area is 558 Å². The van der Waals surface area contributed by atoms with Gasteiger partial charge >= 0.3 is 0 Å². The van der Waals surface area contributed by atoms with Gasteiger partial charge in [0.1, 0.15) is 34.8 Å². The number of epoxide rings is 3. The molecule has 18 unspecified atom stereocenters. The van der Waals surface area contributed by atoms with Gasteiger partial charge in [-0.2, -0.15) is 0 Å². The van der Waals surface area contributed by atoms with E-state index in [0.29, 0.717) is 107 Å². The predicted molar refractivity (Wildman–Crippen MR) is 350 cm³/mol. The van der Waals surface area contributed by atoms with E-state index in [2.05, 4.69) is 86.8 Å². The summed E-state index contributed by atoms with van der Waals surface area (Å²) in [5.41, 5.74) is 0.276. The maximum absolute atomic E-state index is 12.5. The first-order valence-electron chi connectivity index (χ1n) is 38.4. The summed E-state index contributed by atoms with van der Waals surface area (Å²) in [5.74, 6) is 10.4. The Kier molecular flexibility index (Phi) is 13.9. The molecule has 3 saturated heterocycles. The number of nitrogens with zero attached hydrogens (tertiary/aromatic N) is 4. The summed E-state index contributed by atoms with van der Waals surface area (Å²) in [7, 11) is 0. The molecule has 15 saturated carbocycles. The Hall–Kier alpha value is -3.57. The molecule has 15 nitrogen and oxygen atoms in total. The minimum absolute atomic E-state index is 0.0256. The number of rotatable bonds is 0. The van der Waals surface area contributed by atoms with E-state index in [-0.39, 0.29) is 104 Å². The fourth-order valence-corrected chi connectivity index (χ4v) is 30.1. The highest BCUT2D eigenvalue weighted by atomic mass is 16.7. The van der Waals surface area contributed by atoms with Gasteiger partial charge in [-0.15, -0.1) is 0 Å². The van der Waals surface area contributed by atoms with Crippen LogP contribution in [0.25, 0.3) is 9.69 Å². The van der Waals surface area contributed by atoms with Crippen LogP contribution >= 0.6 is 0 Å². The number of aliphatic hydroxyl groups is 3. The fourth-order valence-electron chi connectivity index (χ4n) is 30.1.